The second-order valence-corrected chi connectivity index (χ2v) is 8.63. The molecule has 2 aliphatic rings. The van der Waals surface area contributed by atoms with Crippen molar-refractivity contribution in [2.24, 2.45) is 0 Å². The number of hydrogen-bond donors (Lipinski definition) is 1. The minimum Gasteiger partial charge on any atom is -0.491 e. The number of hydrogen-bond acceptors (Lipinski definition) is 7. The predicted octanol–water partition coefficient (Wildman–Crippen LogP) is 2.81. The molecule has 1 aromatic heterocycles. The molecular formula is C22H30N4O4. The van der Waals surface area contributed by atoms with Crippen LogP contribution in [0, 0.1) is 13.8 Å². The van der Waals surface area contributed by atoms with E-state index in [4.69, 9.17) is 14.0 Å². The molecule has 3 heterocycles. The number of benzene rings is 1. The molecule has 2 aromatic rings. The zero-order chi connectivity index (χ0) is 21.3. The zero-order valence-corrected chi connectivity index (χ0v) is 18.1. The Bertz CT molecular complexity index is 902. The molecule has 4 rings (SSSR count). The summed E-state index contributed by atoms with van der Waals surface area (Å²) in [5, 5.41) is 7.34. The van der Waals surface area contributed by atoms with Crippen LogP contribution in [0.5, 0.6) is 5.75 Å². The van der Waals surface area contributed by atoms with Crippen LogP contribution in [-0.4, -0.2) is 59.0 Å². The molecule has 1 amide bonds. The van der Waals surface area contributed by atoms with Crippen LogP contribution in [-0.2, 0) is 4.74 Å². The van der Waals surface area contributed by atoms with E-state index in [0.717, 1.165) is 37.2 Å². The number of nitrogens with zero attached hydrogens (tertiary/aromatic N) is 3. The third-order valence-corrected chi connectivity index (χ3v) is 5.78. The maximum atomic E-state index is 13.0. The average molecular weight is 415 g/mol. The van der Waals surface area contributed by atoms with Gasteiger partial charge in [-0.1, -0.05) is 5.16 Å². The number of nitrogens with one attached hydrogen (secondary N) is 1. The maximum Gasteiger partial charge on any atom is 0.255 e. The van der Waals surface area contributed by atoms with Crippen molar-refractivity contribution in [1.29, 1.82) is 0 Å². The predicted molar refractivity (Wildman–Crippen MR) is 111 cm³/mol. The first-order valence-corrected chi connectivity index (χ1v) is 10.6. The first kappa shape index (κ1) is 20.8. The summed E-state index contributed by atoms with van der Waals surface area (Å²) in [4.78, 5) is 19.1. The maximum absolute atomic E-state index is 13.0. The highest BCUT2D eigenvalue weighted by atomic mass is 16.5. The van der Waals surface area contributed by atoms with Gasteiger partial charge in [0.1, 0.15) is 12.5 Å². The molecule has 0 bridgehead atoms. The minimum atomic E-state index is -0.313. The molecule has 0 aliphatic carbocycles. The molecule has 2 aliphatic heterocycles. The van der Waals surface area contributed by atoms with Gasteiger partial charge in [-0.15, -0.1) is 0 Å². The summed E-state index contributed by atoms with van der Waals surface area (Å²) in [6.07, 6.45) is 1.67. The fourth-order valence-corrected chi connectivity index (χ4v) is 4.22. The summed E-state index contributed by atoms with van der Waals surface area (Å²) in [5.74, 6) is 2.22. The Kier molecular flexibility index (Phi) is 5.79. The van der Waals surface area contributed by atoms with Gasteiger partial charge in [0.15, 0.2) is 5.82 Å². The monoisotopic (exact) mass is 414 g/mol. The normalized spacial score (nSPS) is 24.4. The summed E-state index contributed by atoms with van der Waals surface area (Å²) < 4.78 is 17.4. The molecule has 8 heteroatoms. The van der Waals surface area contributed by atoms with Gasteiger partial charge in [0.25, 0.3) is 5.91 Å². The molecule has 0 saturated carbocycles. The van der Waals surface area contributed by atoms with Crippen LogP contribution >= 0.6 is 0 Å². The zero-order valence-electron chi connectivity index (χ0n) is 18.1. The van der Waals surface area contributed by atoms with Crippen molar-refractivity contribution in [3.8, 4) is 5.75 Å². The van der Waals surface area contributed by atoms with E-state index in [-0.39, 0.29) is 30.3 Å². The lowest BCUT2D eigenvalue weighted by Crippen LogP contribution is -2.57. The van der Waals surface area contributed by atoms with E-state index in [9.17, 15) is 4.79 Å². The number of aryl methyl sites for hydroxylation is 2. The number of piperidine rings is 1. The summed E-state index contributed by atoms with van der Waals surface area (Å²) in [6.45, 7) is 10.2. The van der Waals surface area contributed by atoms with Crippen molar-refractivity contribution < 1.29 is 18.8 Å². The number of rotatable bonds is 4. The fourth-order valence-electron chi connectivity index (χ4n) is 4.22. The summed E-state index contributed by atoms with van der Waals surface area (Å²) in [7, 11) is 0. The lowest BCUT2D eigenvalue weighted by molar-refractivity contribution is -0.138. The Labute approximate surface area is 176 Å². The lowest BCUT2D eigenvalue weighted by atomic mass is 9.83. The third-order valence-electron chi connectivity index (χ3n) is 5.78. The first-order chi connectivity index (χ1) is 14.3. The third kappa shape index (κ3) is 4.34. The molecule has 0 radical (unpaired) electrons. The van der Waals surface area contributed by atoms with Crippen LogP contribution in [0.4, 0.5) is 0 Å². The van der Waals surface area contributed by atoms with Gasteiger partial charge in [0.05, 0.1) is 17.6 Å². The highest BCUT2D eigenvalue weighted by molar-refractivity contribution is 5.94. The Balaban J connectivity index is 1.39. The van der Waals surface area contributed by atoms with Crippen molar-refractivity contribution >= 4 is 5.91 Å². The Morgan fingerprint density at radius 2 is 2.20 bits per heavy atom. The molecule has 30 heavy (non-hydrogen) atoms. The van der Waals surface area contributed by atoms with E-state index in [1.165, 1.54) is 0 Å². The second kappa shape index (κ2) is 8.35. The van der Waals surface area contributed by atoms with Crippen LogP contribution in [0.15, 0.2) is 22.7 Å². The molecular weight excluding hydrogens is 384 g/mol. The van der Waals surface area contributed by atoms with Crippen molar-refractivity contribution in [2.75, 3.05) is 26.4 Å². The van der Waals surface area contributed by atoms with Crippen molar-refractivity contribution in [2.45, 2.75) is 58.2 Å². The van der Waals surface area contributed by atoms with E-state index < -0.39 is 0 Å². The van der Waals surface area contributed by atoms with E-state index in [1.807, 2.05) is 45.9 Å². The van der Waals surface area contributed by atoms with Gasteiger partial charge in [-0.2, -0.15) is 4.98 Å². The summed E-state index contributed by atoms with van der Waals surface area (Å²) in [5.41, 5.74) is 1.30. The van der Waals surface area contributed by atoms with E-state index in [0.29, 0.717) is 23.8 Å². The van der Waals surface area contributed by atoms with E-state index in [2.05, 4.69) is 15.5 Å². The summed E-state index contributed by atoms with van der Waals surface area (Å²) >= 11 is 0. The van der Waals surface area contributed by atoms with Crippen LogP contribution < -0.4 is 10.1 Å². The molecule has 1 spiro atoms. The quantitative estimate of drug-likeness (QED) is 0.823. The number of carbonyl (C=O) groups excluding carboxylic acids is 1. The topological polar surface area (TPSA) is 89.7 Å². The van der Waals surface area contributed by atoms with Crippen molar-refractivity contribution in [1.82, 2.24) is 20.4 Å². The lowest BCUT2D eigenvalue weighted by Gasteiger charge is -2.45. The standard InChI is InChI=1S/C22H30N4O4/c1-14(2)29-19-6-5-17(9-15(19)3)21(27)26-8-7-22(28-13-26)10-18(11-23-12-22)20-24-16(4)25-30-20/h5-6,9,14,18,23H,7-8,10-13H2,1-4H3. The fraction of sp³-hybridized carbons (Fsp3) is 0.591. The Hall–Kier alpha value is -2.45. The average Bonchev–Trinajstić information content (AvgIpc) is 3.16. The first-order valence-electron chi connectivity index (χ1n) is 10.6. The van der Waals surface area contributed by atoms with Gasteiger partial charge >= 0.3 is 0 Å². The van der Waals surface area contributed by atoms with E-state index in [1.54, 1.807) is 4.90 Å². The SMILES string of the molecule is Cc1noc(C2CNCC3(CCN(C(=O)c4ccc(OC(C)C)c(C)c4)CO3)C2)n1. The molecule has 162 valence electrons. The number of carbonyl (C=O) groups is 1. The Morgan fingerprint density at radius 3 is 2.83 bits per heavy atom. The molecule has 1 N–H and O–H groups in total. The van der Waals surface area contributed by atoms with Crippen molar-refractivity contribution in [3.63, 3.8) is 0 Å². The number of ether oxygens (including phenoxy) is 2. The molecule has 2 unspecified atom stereocenters. The van der Waals surface area contributed by atoms with Gasteiger partial charge in [0, 0.05) is 25.2 Å². The Morgan fingerprint density at radius 1 is 1.37 bits per heavy atom. The second-order valence-electron chi connectivity index (χ2n) is 8.63. The van der Waals surface area contributed by atoms with Crippen LogP contribution in [0.2, 0.25) is 0 Å². The van der Waals surface area contributed by atoms with Gasteiger partial charge in [0.2, 0.25) is 5.89 Å². The number of aromatic nitrogens is 2. The minimum absolute atomic E-state index is 0.0168. The van der Waals surface area contributed by atoms with Crippen LogP contribution in [0.1, 0.15) is 60.2 Å². The summed E-state index contributed by atoms with van der Waals surface area (Å²) in [6, 6.07) is 5.59. The molecule has 8 nitrogen and oxygen atoms in total. The molecule has 2 fully saturated rings. The van der Waals surface area contributed by atoms with Crippen molar-refractivity contribution in [3.05, 3.63) is 41.0 Å². The van der Waals surface area contributed by atoms with Gasteiger partial charge in [-0.05, 0) is 64.3 Å². The number of amides is 1. The molecule has 2 atom stereocenters. The van der Waals surface area contributed by atoms with Crippen LogP contribution in [0.3, 0.4) is 0 Å². The molecule has 1 aromatic carbocycles. The van der Waals surface area contributed by atoms with Gasteiger partial charge < -0.3 is 24.2 Å². The van der Waals surface area contributed by atoms with E-state index >= 15 is 0 Å². The van der Waals surface area contributed by atoms with Gasteiger partial charge in [-0.25, -0.2) is 0 Å². The largest absolute Gasteiger partial charge is 0.491 e. The molecule has 2 saturated heterocycles. The smallest absolute Gasteiger partial charge is 0.255 e. The highest BCUT2D eigenvalue weighted by Gasteiger charge is 2.43. The van der Waals surface area contributed by atoms with Gasteiger partial charge in [-0.3, -0.25) is 4.79 Å². The van der Waals surface area contributed by atoms with Crippen LogP contribution in [0.25, 0.3) is 0 Å². The highest BCUT2D eigenvalue weighted by Crippen LogP contribution is 2.36.